The third-order valence-corrected chi connectivity index (χ3v) is 3.50. The standard InChI is InChI=1S/C13H15ClN4O/c14-8-13(19)18-6-4-17(5-7-18)12(9-15)11-2-1-3-16-10-11/h1-3,10,12H,4-8H2/t12-/m0/s1. The third kappa shape index (κ3) is 3.22. The number of hydrogen-bond acceptors (Lipinski definition) is 4. The Bertz CT molecular complexity index is 465. The van der Waals surface area contributed by atoms with E-state index in [0.717, 1.165) is 5.56 Å². The summed E-state index contributed by atoms with van der Waals surface area (Å²) in [6, 6.07) is 5.73. The highest BCUT2D eigenvalue weighted by Crippen LogP contribution is 2.20. The van der Waals surface area contributed by atoms with E-state index >= 15 is 0 Å². The molecule has 0 N–H and O–H groups in total. The summed E-state index contributed by atoms with van der Waals surface area (Å²) in [5.74, 6) is -0.0270. The van der Waals surface area contributed by atoms with Crippen molar-refractivity contribution in [1.29, 1.82) is 5.26 Å². The maximum atomic E-state index is 11.5. The summed E-state index contributed by atoms with van der Waals surface area (Å²) in [6.07, 6.45) is 3.40. The highest BCUT2D eigenvalue weighted by Gasteiger charge is 2.26. The first-order chi connectivity index (χ1) is 9.26. The number of alkyl halides is 1. The number of nitrogens with zero attached hydrogens (tertiary/aromatic N) is 4. The topological polar surface area (TPSA) is 60.2 Å². The Morgan fingerprint density at radius 1 is 1.47 bits per heavy atom. The van der Waals surface area contributed by atoms with E-state index in [1.807, 2.05) is 12.1 Å². The minimum atomic E-state index is -0.304. The van der Waals surface area contributed by atoms with Crippen LogP contribution < -0.4 is 0 Å². The molecule has 0 unspecified atom stereocenters. The van der Waals surface area contributed by atoms with Crippen molar-refractivity contribution in [2.75, 3.05) is 32.1 Å². The summed E-state index contributed by atoms with van der Waals surface area (Å²) in [5, 5.41) is 9.33. The number of carbonyl (C=O) groups is 1. The van der Waals surface area contributed by atoms with Gasteiger partial charge in [-0.1, -0.05) is 6.07 Å². The molecule has 1 fully saturated rings. The van der Waals surface area contributed by atoms with Crippen molar-refractivity contribution in [2.45, 2.75) is 6.04 Å². The van der Waals surface area contributed by atoms with Crippen molar-refractivity contribution in [1.82, 2.24) is 14.8 Å². The van der Waals surface area contributed by atoms with Gasteiger partial charge in [0.05, 0.1) is 6.07 Å². The van der Waals surface area contributed by atoms with Crippen LogP contribution in [-0.4, -0.2) is 52.8 Å². The average Bonchev–Trinajstić information content (AvgIpc) is 2.49. The van der Waals surface area contributed by atoms with E-state index in [1.165, 1.54) is 0 Å². The summed E-state index contributed by atoms with van der Waals surface area (Å²) in [7, 11) is 0. The van der Waals surface area contributed by atoms with Gasteiger partial charge in [0.2, 0.25) is 5.91 Å². The smallest absolute Gasteiger partial charge is 0.237 e. The van der Waals surface area contributed by atoms with Crippen LogP contribution in [-0.2, 0) is 4.79 Å². The molecule has 2 rings (SSSR count). The Kier molecular flexibility index (Phi) is 4.72. The molecule has 1 aromatic heterocycles. The van der Waals surface area contributed by atoms with E-state index in [0.29, 0.717) is 26.2 Å². The molecule has 19 heavy (non-hydrogen) atoms. The molecule has 1 aromatic rings. The van der Waals surface area contributed by atoms with Gasteiger partial charge in [0.25, 0.3) is 0 Å². The van der Waals surface area contributed by atoms with Crippen molar-refractivity contribution in [3.8, 4) is 6.07 Å². The van der Waals surface area contributed by atoms with E-state index < -0.39 is 0 Å². The predicted molar refractivity (Wildman–Crippen MR) is 71.5 cm³/mol. The van der Waals surface area contributed by atoms with E-state index in [1.54, 1.807) is 17.3 Å². The number of halogens is 1. The molecule has 0 saturated carbocycles. The van der Waals surface area contributed by atoms with Gasteiger partial charge in [-0.25, -0.2) is 0 Å². The van der Waals surface area contributed by atoms with Crippen LogP contribution in [0.2, 0.25) is 0 Å². The van der Waals surface area contributed by atoms with Crippen LogP contribution in [0.5, 0.6) is 0 Å². The lowest BCUT2D eigenvalue weighted by atomic mass is 10.1. The lowest BCUT2D eigenvalue weighted by Gasteiger charge is -2.36. The lowest BCUT2D eigenvalue weighted by Crippen LogP contribution is -2.49. The van der Waals surface area contributed by atoms with Gasteiger partial charge in [0, 0.05) is 44.1 Å². The molecule has 1 aliphatic rings. The van der Waals surface area contributed by atoms with Crippen LogP contribution in [0.1, 0.15) is 11.6 Å². The van der Waals surface area contributed by atoms with Gasteiger partial charge in [-0.2, -0.15) is 5.26 Å². The highest BCUT2D eigenvalue weighted by atomic mass is 35.5. The third-order valence-electron chi connectivity index (χ3n) is 3.27. The van der Waals surface area contributed by atoms with Gasteiger partial charge in [0.1, 0.15) is 11.9 Å². The molecule has 6 heteroatoms. The molecular formula is C13H15ClN4O. The number of piperazine rings is 1. The first kappa shape index (κ1) is 13.8. The van der Waals surface area contributed by atoms with Crippen molar-refractivity contribution in [2.24, 2.45) is 0 Å². The summed E-state index contributed by atoms with van der Waals surface area (Å²) in [6.45, 7) is 2.58. The molecule has 1 saturated heterocycles. The SMILES string of the molecule is N#C[C@@H](c1cccnc1)N1CCN(C(=O)CCl)CC1. The molecular weight excluding hydrogens is 264 g/mol. The van der Waals surface area contributed by atoms with Gasteiger partial charge < -0.3 is 4.90 Å². The normalized spacial score (nSPS) is 17.8. The average molecular weight is 279 g/mol. The van der Waals surface area contributed by atoms with E-state index in [4.69, 9.17) is 11.6 Å². The second-order valence-electron chi connectivity index (χ2n) is 4.37. The Morgan fingerprint density at radius 3 is 2.74 bits per heavy atom. The van der Waals surface area contributed by atoms with Gasteiger partial charge in [-0.05, 0) is 6.07 Å². The number of pyridine rings is 1. The predicted octanol–water partition coefficient (Wildman–Crippen LogP) is 1.03. The lowest BCUT2D eigenvalue weighted by molar-refractivity contribution is -0.130. The minimum Gasteiger partial charge on any atom is -0.339 e. The zero-order chi connectivity index (χ0) is 13.7. The van der Waals surface area contributed by atoms with Gasteiger partial charge >= 0.3 is 0 Å². The van der Waals surface area contributed by atoms with Crippen molar-refractivity contribution >= 4 is 17.5 Å². The zero-order valence-electron chi connectivity index (χ0n) is 10.5. The molecule has 100 valence electrons. The number of carbonyl (C=O) groups excluding carboxylic acids is 1. The van der Waals surface area contributed by atoms with Gasteiger partial charge in [-0.15, -0.1) is 11.6 Å². The molecule has 0 aliphatic carbocycles. The number of aromatic nitrogens is 1. The van der Waals surface area contributed by atoms with Crippen molar-refractivity contribution < 1.29 is 4.79 Å². The van der Waals surface area contributed by atoms with Crippen LogP contribution >= 0.6 is 11.6 Å². The zero-order valence-corrected chi connectivity index (χ0v) is 11.3. The monoisotopic (exact) mass is 278 g/mol. The largest absolute Gasteiger partial charge is 0.339 e. The van der Waals surface area contributed by atoms with Gasteiger partial charge in [-0.3, -0.25) is 14.7 Å². The molecule has 1 amide bonds. The molecule has 0 radical (unpaired) electrons. The first-order valence-corrected chi connectivity index (χ1v) is 6.67. The minimum absolute atomic E-state index is 0.0181. The second kappa shape index (κ2) is 6.50. The van der Waals surface area contributed by atoms with E-state index in [2.05, 4.69) is 16.0 Å². The summed E-state index contributed by atoms with van der Waals surface area (Å²) in [4.78, 5) is 19.3. The number of hydrogen-bond donors (Lipinski definition) is 0. The molecule has 1 atom stereocenters. The molecule has 0 spiro atoms. The van der Waals surface area contributed by atoms with Crippen LogP contribution in [0.25, 0.3) is 0 Å². The van der Waals surface area contributed by atoms with Gasteiger partial charge in [0.15, 0.2) is 0 Å². The summed E-state index contributed by atoms with van der Waals surface area (Å²) < 4.78 is 0. The van der Waals surface area contributed by atoms with Crippen molar-refractivity contribution in [3.63, 3.8) is 0 Å². The Labute approximate surface area is 117 Å². The van der Waals surface area contributed by atoms with Crippen LogP contribution in [0.15, 0.2) is 24.5 Å². The molecule has 2 heterocycles. The maximum absolute atomic E-state index is 11.5. The highest BCUT2D eigenvalue weighted by molar-refractivity contribution is 6.27. The quantitative estimate of drug-likeness (QED) is 0.775. The molecule has 0 aromatic carbocycles. The number of nitriles is 1. The molecule has 5 nitrogen and oxygen atoms in total. The molecule has 0 bridgehead atoms. The van der Waals surface area contributed by atoms with Crippen LogP contribution in [0.4, 0.5) is 0 Å². The number of rotatable bonds is 3. The fourth-order valence-electron chi connectivity index (χ4n) is 2.22. The Balaban J connectivity index is 2.00. The van der Waals surface area contributed by atoms with E-state index in [-0.39, 0.29) is 17.8 Å². The summed E-state index contributed by atoms with van der Waals surface area (Å²) >= 11 is 5.54. The Hall–Kier alpha value is -1.64. The van der Waals surface area contributed by atoms with Crippen molar-refractivity contribution in [3.05, 3.63) is 30.1 Å². The van der Waals surface area contributed by atoms with Crippen LogP contribution in [0.3, 0.4) is 0 Å². The summed E-state index contributed by atoms with van der Waals surface area (Å²) in [5.41, 5.74) is 0.891. The fraction of sp³-hybridized carbons (Fsp3) is 0.462. The number of amides is 1. The molecule has 1 aliphatic heterocycles. The second-order valence-corrected chi connectivity index (χ2v) is 4.64. The first-order valence-electron chi connectivity index (χ1n) is 6.13. The van der Waals surface area contributed by atoms with E-state index in [9.17, 15) is 10.1 Å². The fourth-order valence-corrected chi connectivity index (χ4v) is 2.39. The van der Waals surface area contributed by atoms with Crippen LogP contribution in [0, 0.1) is 11.3 Å². The maximum Gasteiger partial charge on any atom is 0.237 e. The Morgan fingerprint density at radius 2 is 2.21 bits per heavy atom.